The van der Waals surface area contributed by atoms with Crippen LogP contribution in [0.2, 0.25) is 0 Å². The van der Waals surface area contributed by atoms with Gasteiger partial charge < -0.3 is 5.73 Å². The summed E-state index contributed by atoms with van der Waals surface area (Å²) in [4.78, 5) is 2.44. The molecule has 3 heteroatoms. The van der Waals surface area contributed by atoms with Gasteiger partial charge in [-0.25, -0.2) is 4.39 Å². The van der Waals surface area contributed by atoms with Gasteiger partial charge in [0.2, 0.25) is 0 Å². The third-order valence-corrected chi connectivity index (χ3v) is 4.18. The van der Waals surface area contributed by atoms with Crippen molar-refractivity contribution < 1.29 is 4.39 Å². The number of rotatable bonds is 5. The fourth-order valence-corrected chi connectivity index (χ4v) is 3.26. The molecule has 0 aromatic heterocycles. The Morgan fingerprint density at radius 1 is 1.37 bits per heavy atom. The van der Waals surface area contributed by atoms with Gasteiger partial charge in [-0.3, -0.25) is 4.90 Å². The van der Waals surface area contributed by atoms with Gasteiger partial charge >= 0.3 is 0 Å². The molecule has 2 unspecified atom stereocenters. The first-order valence-electron chi connectivity index (χ1n) is 7.48. The van der Waals surface area contributed by atoms with Crippen molar-refractivity contribution in [1.29, 1.82) is 0 Å². The van der Waals surface area contributed by atoms with Crippen LogP contribution in [0.25, 0.3) is 0 Å². The highest BCUT2D eigenvalue weighted by atomic mass is 19.1. The van der Waals surface area contributed by atoms with Gasteiger partial charge in [0.15, 0.2) is 0 Å². The van der Waals surface area contributed by atoms with E-state index in [9.17, 15) is 4.39 Å². The van der Waals surface area contributed by atoms with Crippen LogP contribution in [0.5, 0.6) is 0 Å². The van der Waals surface area contributed by atoms with Gasteiger partial charge in [-0.2, -0.15) is 0 Å². The van der Waals surface area contributed by atoms with Crippen molar-refractivity contribution in [2.75, 3.05) is 13.1 Å². The lowest BCUT2D eigenvalue weighted by Crippen LogP contribution is -2.44. The van der Waals surface area contributed by atoms with Crippen LogP contribution >= 0.6 is 0 Å². The molecule has 0 aliphatic carbocycles. The molecule has 2 atom stereocenters. The molecule has 0 saturated carbocycles. The van der Waals surface area contributed by atoms with Gasteiger partial charge in [0.25, 0.3) is 0 Å². The molecule has 1 heterocycles. The Balaban J connectivity index is 2.22. The molecular formula is C16H25FN2. The molecule has 2 N–H and O–H groups in total. The lowest BCUT2D eigenvalue weighted by Gasteiger charge is -2.41. The molecule has 2 rings (SSSR count). The van der Waals surface area contributed by atoms with Crippen LogP contribution in [0.4, 0.5) is 4.39 Å². The van der Waals surface area contributed by atoms with Crippen LogP contribution in [0.1, 0.15) is 50.6 Å². The molecule has 0 spiro atoms. The van der Waals surface area contributed by atoms with Crippen LogP contribution in [-0.2, 0) is 0 Å². The fraction of sp³-hybridized carbons (Fsp3) is 0.625. The Bertz CT molecular complexity index is 392. The molecule has 1 saturated heterocycles. The third-order valence-electron chi connectivity index (χ3n) is 4.18. The average Bonchev–Trinajstić information content (AvgIpc) is 2.44. The molecule has 1 aromatic carbocycles. The van der Waals surface area contributed by atoms with Gasteiger partial charge in [0, 0.05) is 18.2 Å². The van der Waals surface area contributed by atoms with E-state index >= 15 is 0 Å². The minimum atomic E-state index is -0.126. The summed E-state index contributed by atoms with van der Waals surface area (Å²) in [6, 6.07) is 7.65. The molecule has 106 valence electrons. The number of halogens is 1. The Morgan fingerprint density at radius 3 is 2.84 bits per heavy atom. The largest absolute Gasteiger partial charge is 0.329 e. The molecule has 2 nitrogen and oxygen atoms in total. The Labute approximate surface area is 115 Å². The van der Waals surface area contributed by atoms with Crippen LogP contribution in [0.15, 0.2) is 24.3 Å². The Kier molecular flexibility index (Phi) is 5.34. The summed E-state index contributed by atoms with van der Waals surface area (Å²) in [6.45, 7) is 3.75. The maximum atomic E-state index is 14.0. The summed E-state index contributed by atoms with van der Waals surface area (Å²) < 4.78 is 14.0. The van der Waals surface area contributed by atoms with Gasteiger partial charge in [-0.15, -0.1) is 0 Å². The minimum Gasteiger partial charge on any atom is -0.329 e. The summed E-state index contributed by atoms with van der Waals surface area (Å²) in [5, 5.41) is 0. The van der Waals surface area contributed by atoms with Gasteiger partial charge in [-0.05, 0) is 31.9 Å². The lowest BCUT2D eigenvalue weighted by atomic mass is 9.93. The quantitative estimate of drug-likeness (QED) is 0.882. The number of nitrogens with zero attached hydrogens (tertiary/aromatic N) is 1. The number of piperidine rings is 1. The highest BCUT2D eigenvalue weighted by Gasteiger charge is 2.29. The molecule has 0 radical (unpaired) electrons. The standard InChI is InChI=1S/C16H25FN2/c1-2-7-13-8-5-6-11-19(13)16(12-18)14-9-3-4-10-15(14)17/h3-4,9-10,13,16H,2,5-8,11-12,18H2,1H3. The van der Waals surface area contributed by atoms with E-state index in [-0.39, 0.29) is 11.9 Å². The zero-order valence-electron chi connectivity index (χ0n) is 11.8. The van der Waals surface area contributed by atoms with Crippen molar-refractivity contribution >= 4 is 0 Å². The van der Waals surface area contributed by atoms with Crippen molar-refractivity contribution in [3.63, 3.8) is 0 Å². The maximum Gasteiger partial charge on any atom is 0.128 e. The van der Waals surface area contributed by atoms with Gasteiger partial charge in [0.05, 0.1) is 6.04 Å². The van der Waals surface area contributed by atoms with E-state index in [2.05, 4.69) is 11.8 Å². The van der Waals surface area contributed by atoms with E-state index in [4.69, 9.17) is 5.73 Å². The second-order valence-electron chi connectivity index (χ2n) is 5.45. The second-order valence-corrected chi connectivity index (χ2v) is 5.45. The maximum absolute atomic E-state index is 14.0. The predicted octanol–water partition coefficient (Wildman–Crippen LogP) is 3.48. The van der Waals surface area contributed by atoms with Crippen molar-refractivity contribution in [2.24, 2.45) is 5.73 Å². The minimum absolute atomic E-state index is 0.0260. The van der Waals surface area contributed by atoms with Crippen molar-refractivity contribution in [1.82, 2.24) is 4.90 Å². The number of nitrogens with two attached hydrogens (primary N) is 1. The van der Waals surface area contributed by atoms with Crippen molar-refractivity contribution in [3.05, 3.63) is 35.6 Å². The number of hydrogen-bond acceptors (Lipinski definition) is 2. The highest BCUT2D eigenvalue weighted by molar-refractivity contribution is 5.22. The number of hydrogen-bond donors (Lipinski definition) is 1. The molecular weight excluding hydrogens is 239 g/mol. The van der Waals surface area contributed by atoms with E-state index in [0.717, 1.165) is 12.1 Å². The van der Waals surface area contributed by atoms with E-state index in [1.165, 1.54) is 38.2 Å². The van der Waals surface area contributed by atoms with Gasteiger partial charge in [-0.1, -0.05) is 38.0 Å². The van der Waals surface area contributed by atoms with E-state index in [1.54, 1.807) is 6.07 Å². The zero-order chi connectivity index (χ0) is 13.7. The SMILES string of the molecule is CCCC1CCCCN1C(CN)c1ccccc1F. The first kappa shape index (κ1) is 14.5. The first-order valence-corrected chi connectivity index (χ1v) is 7.48. The second kappa shape index (κ2) is 7.01. The smallest absolute Gasteiger partial charge is 0.128 e. The number of benzene rings is 1. The summed E-state index contributed by atoms with van der Waals surface area (Å²) in [5.41, 5.74) is 6.71. The summed E-state index contributed by atoms with van der Waals surface area (Å²) in [6.07, 6.45) is 6.07. The van der Waals surface area contributed by atoms with Crippen LogP contribution < -0.4 is 5.73 Å². The molecule has 19 heavy (non-hydrogen) atoms. The van der Waals surface area contributed by atoms with Crippen molar-refractivity contribution in [3.8, 4) is 0 Å². The van der Waals surface area contributed by atoms with E-state index in [0.29, 0.717) is 12.6 Å². The van der Waals surface area contributed by atoms with Crippen molar-refractivity contribution in [2.45, 2.75) is 51.1 Å². The van der Waals surface area contributed by atoms with E-state index in [1.807, 2.05) is 12.1 Å². The zero-order valence-corrected chi connectivity index (χ0v) is 11.8. The topological polar surface area (TPSA) is 29.3 Å². The Hall–Kier alpha value is -0.930. The average molecular weight is 264 g/mol. The molecule has 1 aliphatic rings. The summed E-state index contributed by atoms with van der Waals surface area (Å²) >= 11 is 0. The van der Waals surface area contributed by atoms with E-state index < -0.39 is 0 Å². The van der Waals surface area contributed by atoms with Gasteiger partial charge in [0.1, 0.15) is 5.82 Å². The monoisotopic (exact) mass is 264 g/mol. The summed E-state index contributed by atoms with van der Waals surface area (Å²) in [5.74, 6) is -0.126. The Morgan fingerprint density at radius 2 is 2.16 bits per heavy atom. The molecule has 1 aromatic rings. The van der Waals surface area contributed by atoms with Crippen LogP contribution in [0, 0.1) is 5.82 Å². The first-order chi connectivity index (χ1) is 9.27. The molecule has 0 amide bonds. The third kappa shape index (κ3) is 3.34. The highest BCUT2D eigenvalue weighted by Crippen LogP contribution is 2.31. The molecule has 0 bridgehead atoms. The van der Waals surface area contributed by atoms with Crippen LogP contribution in [-0.4, -0.2) is 24.0 Å². The fourth-order valence-electron chi connectivity index (χ4n) is 3.26. The predicted molar refractivity (Wildman–Crippen MR) is 77.4 cm³/mol. The normalized spacial score (nSPS) is 22.4. The lowest BCUT2D eigenvalue weighted by molar-refractivity contribution is 0.0894. The molecule has 1 aliphatic heterocycles. The number of likely N-dealkylation sites (tertiary alicyclic amines) is 1. The molecule has 1 fully saturated rings. The van der Waals surface area contributed by atoms with Crippen LogP contribution in [0.3, 0.4) is 0 Å². The summed E-state index contributed by atoms with van der Waals surface area (Å²) in [7, 11) is 0.